The van der Waals surface area contributed by atoms with E-state index in [2.05, 4.69) is 0 Å². The molecule has 0 aliphatic carbocycles. The van der Waals surface area contributed by atoms with Gasteiger partial charge in [-0.25, -0.2) is 13.7 Å². The Labute approximate surface area is 174 Å². The lowest BCUT2D eigenvalue weighted by Gasteiger charge is -2.21. The number of carbonyl (C=O) groups excluding carboxylic acids is 3. The van der Waals surface area contributed by atoms with Gasteiger partial charge in [0.05, 0.1) is 17.0 Å². The summed E-state index contributed by atoms with van der Waals surface area (Å²) in [5.41, 5.74) is 0.838. The largest absolute Gasteiger partial charge is 0.280 e. The van der Waals surface area contributed by atoms with Crippen LogP contribution in [0.25, 0.3) is 6.08 Å². The van der Waals surface area contributed by atoms with Crippen LogP contribution in [-0.4, -0.2) is 33.0 Å². The second-order valence-corrected chi connectivity index (χ2v) is 8.04. The second-order valence-electron chi connectivity index (χ2n) is 6.37. The second kappa shape index (κ2) is 7.49. The van der Waals surface area contributed by atoms with Gasteiger partial charge in [0.15, 0.2) is 0 Å². The highest BCUT2D eigenvalue weighted by atomic mass is 32.2. The van der Waals surface area contributed by atoms with Crippen molar-refractivity contribution in [2.45, 2.75) is 12.5 Å². The van der Waals surface area contributed by atoms with Crippen LogP contribution >= 0.6 is 24.0 Å². The van der Waals surface area contributed by atoms with Crippen molar-refractivity contribution < 1.29 is 23.2 Å². The molecule has 1 atom stereocenters. The molecule has 9 heteroatoms. The molecular weight excluding hydrogens is 418 g/mol. The number of thiocarbonyl (C=S) groups is 1. The standard InChI is InChI=1S/C20H12F2N2O3S2/c21-12-3-1-11(2-4-12)9-16-19(27)24(20(28)29-16)15-10-17(25)23(18(15)26)14-7-5-13(22)6-8-14/h1-9,15H,10H2/b16-9-. The lowest BCUT2D eigenvalue weighted by Crippen LogP contribution is -2.44. The van der Waals surface area contributed by atoms with Crippen molar-refractivity contribution in [1.82, 2.24) is 4.90 Å². The zero-order valence-corrected chi connectivity index (χ0v) is 16.3. The fourth-order valence-electron chi connectivity index (χ4n) is 3.14. The number of rotatable bonds is 3. The Morgan fingerprint density at radius 2 is 1.55 bits per heavy atom. The van der Waals surface area contributed by atoms with Crippen LogP contribution in [-0.2, 0) is 14.4 Å². The van der Waals surface area contributed by atoms with Crippen molar-refractivity contribution in [3.8, 4) is 0 Å². The number of nitrogens with zero attached hydrogens (tertiary/aromatic N) is 2. The van der Waals surface area contributed by atoms with Gasteiger partial charge in [-0.05, 0) is 48.0 Å². The van der Waals surface area contributed by atoms with Gasteiger partial charge in [-0.15, -0.1) is 0 Å². The molecule has 2 fully saturated rings. The third-order valence-corrected chi connectivity index (χ3v) is 5.84. The van der Waals surface area contributed by atoms with Crippen LogP contribution in [0.1, 0.15) is 12.0 Å². The lowest BCUT2D eigenvalue weighted by atomic mass is 10.2. The van der Waals surface area contributed by atoms with E-state index in [0.717, 1.165) is 33.7 Å². The van der Waals surface area contributed by atoms with E-state index in [1.165, 1.54) is 36.4 Å². The van der Waals surface area contributed by atoms with E-state index in [9.17, 15) is 23.2 Å². The number of amides is 3. The third kappa shape index (κ3) is 3.58. The van der Waals surface area contributed by atoms with Gasteiger partial charge in [-0.3, -0.25) is 19.3 Å². The summed E-state index contributed by atoms with van der Waals surface area (Å²) in [6.07, 6.45) is 1.34. The van der Waals surface area contributed by atoms with Gasteiger partial charge in [-0.2, -0.15) is 0 Å². The smallest absolute Gasteiger partial charge is 0.266 e. The number of anilines is 1. The molecule has 4 rings (SSSR count). The van der Waals surface area contributed by atoms with E-state index in [1.807, 2.05) is 0 Å². The highest BCUT2D eigenvalue weighted by Crippen LogP contribution is 2.37. The molecule has 5 nitrogen and oxygen atoms in total. The van der Waals surface area contributed by atoms with E-state index >= 15 is 0 Å². The van der Waals surface area contributed by atoms with Crippen LogP contribution in [0.4, 0.5) is 14.5 Å². The summed E-state index contributed by atoms with van der Waals surface area (Å²) in [6, 6.07) is 9.46. The Bertz CT molecular complexity index is 1070. The summed E-state index contributed by atoms with van der Waals surface area (Å²) in [5.74, 6) is -2.47. The molecule has 2 aliphatic heterocycles. The van der Waals surface area contributed by atoms with Gasteiger partial charge in [-0.1, -0.05) is 36.1 Å². The molecular formula is C20H12F2N2O3S2. The normalized spacial score (nSPS) is 21.0. The summed E-state index contributed by atoms with van der Waals surface area (Å²) in [7, 11) is 0. The first-order valence-corrected chi connectivity index (χ1v) is 9.72. The SMILES string of the molecule is O=C1CC(N2C(=O)/C(=C/c3ccc(F)cc3)SC2=S)C(=O)N1c1ccc(F)cc1. The monoisotopic (exact) mass is 430 g/mol. The van der Waals surface area contributed by atoms with Gasteiger partial charge in [0.25, 0.3) is 11.8 Å². The zero-order chi connectivity index (χ0) is 20.7. The maximum Gasteiger partial charge on any atom is 0.266 e. The molecule has 2 aliphatic rings. The molecule has 2 aromatic rings. The minimum atomic E-state index is -1.06. The molecule has 0 radical (unpaired) electrons. The number of imide groups is 1. The zero-order valence-electron chi connectivity index (χ0n) is 14.7. The van der Waals surface area contributed by atoms with E-state index in [1.54, 1.807) is 6.08 Å². The number of hydrogen-bond donors (Lipinski definition) is 0. The summed E-state index contributed by atoms with van der Waals surface area (Å²) in [4.78, 5) is 40.5. The van der Waals surface area contributed by atoms with Crippen LogP contribution in [0.5, 0.6) is 0 Å². The molecule has 2 saturated heterocycles. The molecule has 29 heavy (non-hydrogen) atoms. The van der Waals surface area contributed by atoms with Crippen LogP contribution in [0.3, 0.4) is 0 Å². The molecule has 0 bridgehead atoms. The molecule has 2 heterocycles. The Balaban J connectivity index is 1.59. The maximum atomic E-state index is 13.1. The highest BCUT2D eigenvalue weighted by molar-refractivity contribution is 8.26. The third-order valence-electron chi connectivity index (χ3n) is 4.51. The first-order chi connectivity index (χ1) is 13.8. The fourth-order valence-corrected chi connectivity index (χ4v) is 4.49. The number of hydrogen-bond acceptors (Lipinski definition) is 5. The lowest BCUT2D eigenvalue weighted by molar-refractivity contribution is -0.129. The van der Waals surface area contributed by atoms with E-state index in [-0.39, 0.29) is 21.3 Å². The number of carbonyl (C=O) groups is 3. The molecule has 0 saturated carbocycles. The van der Waals surface area contributed by atoms with Gasteiger partial charge in [0, 0.05) is 0 Å². The van der Waals surface area contributed by atoms with Crippen LogP contribution in [0, 0.1) is 11.6 Å². The molecule has 146 valence electrons. The Kier molecular flexibility index (Phi) is 5.01. The predicted molar refractivity (Wildman–Crippen MR) is 109 cm³/mol. The van der Waals surface area contributed by atoms with Gasteiger partial charge in [0.2, 0.25) is 5.91 Å². The summed E-state index contributed by atoms with van der Waals surface area (Å²) >= 11 is 6.28. The molecule has 0 spiro atoms. The van der Waals surface area contributed by atoms with E-state index in [0.29, 0.717) is 5.56 Å². The number of thioether (sulfide) groups is 1. The summed E-state index contributed by atoms with van der Waals surface area (Å²) in [6.45, 7) is 0. The van der Waals surface area contributed by atoms with Crippen molar-refractivity contribution in [3.05, 3.63) is 70.6 Å². The van der Waals surface area contributed by atoms with Gasteiger partial charge >= 0.3 is 0 Å². The molecule has 1 unspecified atom stereocenters. The van der Waals surface area contributed by atoms with Crippen molar-refractivity contribution in [1.29, 1.82) is 0 Å². The van der Waals surface area contributed by atoms with Gasteiger partial charge < -0.3 is 0 Å². The number of halogens is 2. The molecule has 2 aromatic carbocycles. The topological polar surface area (TPSA) is 57.7 Å². The average molecular weight is 430 g/mol. The number of benzene rings is 2. The minimum Gasteiger partial charge on any atom is -0.280 e. The Morgan fingerprint density at radius 3 is 2.17 bits per heavy atom. The Hall–Kier alpha value is -2.91. The molecule has 0 N–H and O–H groups in total. The van der Waals surface area contributed by atoms with Crippen molar-refractivity contribution in [2.75, 3.05) is 4.90 Å². The van der Waals surface area contributed by atoms with Crippen LogP contribution < -0.4 is 4.90 Å². The predicted octanol–water partition coefficient (Wildman–Crippen LogP) is 3.50. The first kappa shape index (κ1) is 19.4. The average Bonchev–Trinajstić information content (AvgIpc) is 3.12. The first-order valence-electron chi connectivity index (χ1n) is 8.50. The summed E-state index contributed by atoms with van der Waals surface area (Å²) in [5, 5.41) is 0. The van der Waals surface area contributed by atoms with Crippen molar-refractivity contribution in [3.63, 3.8) is 0 Å². The molecule has 0 aromatic heterocycles. The maximum absolute atomic E-state index is 13.1. The Morgan fingerprint density at radius 1 is 0.966 bits per heavy atom. The van der Waals surface area contributed by atoms with Crippen molar-refractivity contribution >= 4 is 57.8 Å². The van der Waals surface area contributed by atoms with Gasteiger partial charge in [0.1, 0.15) is 22.0 Å². The minimum absolute atomic E-state index is 0.162. The quantitative estimate of drug-likeness (QED) is 0.424. The highest BCUT2D eigenvalue weighted by Gasteiger charge is 2.48. The fraction of sp³-hybridized carbons (Fsp3) is 0.100. The summed E-state index contributed by atoms with van der Waals surface area (Å²) < 4.78 is 26.4. The van der Waals surface area contributed by atoms with Crippen LogP contribution in [0.2, 0.25) is 0 Å². The van der Waals surface area contributed by atoms with E-state index in [4.69, 9.17) is 12.2 Å². The molecule has 3 amide bonds. The van der Waals surface area contributed by atoms with Crippen LogP contribution in [0.15, 0.2) is 53.4 Å². The van der Waals surface area contributed by atoms with E-state index < -0.39 is 35.4 Å². The van der Waals surface area contributed by atoms with Crippen molar-refractivity contribution in [2.24, 2.45) is 0 Å².